The van der Waals surface area contributed by atoms with Crippen molar-refractivity contribution in [2.24, 2.45) is 0 Å². The summed E-state index contributed by atoms with van der Waals surface area (Å²) in [7, 11) is 0. The van der Waals surface area contributed by atoms with Gasteiger partial charge in [0, 0.05) is 19.7 Å². The van der Waals surface area contributed by atoms with Gasteiger partial charge in [0.15, 0.2) is 0 Å². The summed E-state index contributed by atoms with van der Waals surface area (Å²) in [5.74, 6) is -0.0620. The van der Waals surface area contributed by atoms with E-state index in [0.29, 0.717) is 19.7 Å². The molecule has 15 heavy (non-hydrogen) atoms. The van der Waals surface area contributed by atoms with E-state index in [1.54, 1.807) is 18.7 Å². The Hall–Kier alpha value is -0.610. The second-order valence-electron chi connectivity index (χ2n) is 4.27. The Labute approximate surface area is 92.2 Å². The molecule has 0 atom stereocenters. The van der Waals surface area contributed by atoms with Crippen molar-refractivity contribution in [3.63, 3.8) is 0 Å². The van der Waals surface area contributed by atoms with Gasteiger partial charge in [-0.25, -0.2) is 0 Å². The molecular formula is C11H23NO3. The molecule has 0 fully saturated rings. The van der Waals surface area contributed by atoms with Gasteiger partial charge in [0.25, 0.3) is 0 Å². The number of amides is 1. The zero-order valence-electron chi connectivity index (χ0n) is 10.2. The number of nitrogens with zero attached hydrogens (tertiary/aromatic N) is 1. The van der Waals surface area contributed by atoms with Crippen LogP contribution in [-0.2, 0) is 9.53 Å². The molecule has 0 radical (unpaired) electrons. The first kappa shape index (κ1) is 14.4. The van der Waals surface area contributed by atoms with Crippen LogP contribution >= 0.6 is 0 Å². The zero-order valence-corrected chi connectivity index (χ0v) is 10.2. The third-order valence-electron chi connectivity index (χ3n) is 1.89. The molecule has 0 saturated carbocycles. The number of rotatable bonds is 7. The maximum atomic E-state index is 11.6. The van der Waals surface area contributed by atoms with Gasteiger partial charge in [0.1, 0.15) is 6.61 Å². The fourth-order valence-electron chi connectivity index (χ4n) is 1.24. The Balaban J connectivity index is 4.00. The number of carbonyl (C=O) groups excluding carboxylic acids is 1. The second kappa shape index (κ2) is 6.80. The second-order valence-corrected chi connectivity index (χ2v) is 4.27. The molecule has 1 amide bonds. The van der Waals surface area contributed by atoms with Crippen molar-refractivity contribution in [1.82, 2.24) is 4.90 Å². The molecular weight excluding hydrogens is 194 g/mol. The number of likely N-dealkylation sites (N-methyl/N-ethyl adjacent to an activating group) is 1. The molecule has 0 aliphatic carbocycles. The van der Waals surface area contributed by atoms with Gasteiger partial charge < -0.3 is 14.7 Å². The molecule has 0 rings (SSSR count). The van der Waals surface area contributed by atoms with E-state index in [1.165, 1.54) is 0 Å². The van der Waals surface area contributed by atoms with Crippen LogP contribution in [0.3, 0.4) is 0 Å². The standard InChI is InChI=1S/C11H23NO3/c1-5-7-15-8-10(13)12(6-2)9-11(3,4)14/h14H,5-9H2,1-4H3. The minimum Gasteiger partial charge on any atom is -0.389 e. The Morgan fingerprint density at radius 3 is 2.40 bits per heavy atom. The van der Waals surface area contributed by atoms with E-state index < -0.39 is 5.60 Å². The SMILES string of the molecule is CCCOCC(=O)N(CC)CC(C)(C)O. The lowest BCUT2D eigenvalue weighted by molar-refractivity contribution is -0.138. The van der Waals surface area contributed by atoms with E-state index in [0.717, 1.165) is 6.42 Å². The molecule has 0 heterocycles. The van der Waals surface area contributed by atoms with Crippen molar-refractivity contribution >= 4 is 5.91 Å². The Kier molecular flexibility index (Phi) is 6.52. The minimum absolute atomic E-state index is 0.0620. The highest BCUT2D eigenvalue weighted by Crippen LogP contribution is 2.05. The van der Waals surface area contributed by atoms with Gasteiger partial charge in [-0.05, 0) is 27.2 Å². The maximum absolute atomic E-state index is 11.6. The van der Waals surface area contributed by atoms with Crippen molar-refractivity contribution in [2.45, 2.75) is 39.7 Å². The summed E-state index contributed by atoms with van der Waals surface area (Å²) in [5, 5.41) is 9.60. The van der Waals surface area contributed by atoms with Crippen LogP contribution in [0.15, 0.2) is 0 Å². The van der Waals surface area contributed by atoms with Gasteiger partial charge in [-0.1, -0.05) is 6.92 Å². The summed E-state index contributed by atoms with van der Waals surface area (Å²) < 4.78 is 5.17. The van der Waals surface area contributed by atoms with Gasteiger partial charge in [0.2, 0.25) is 5.91 Å². The average molecular weight is 217 g/mol. The molecule has 0 aromatic rings. The van der Waals surface area contributed by atoms with E-state index in [2.05, 4.69) is 0 Å². The molecule has 90 valence electrons. The van der Waals surface area contributed by atoms with E-state index in [4.69, 9.17) is 4.74 Å². The van der Waals surface area contributed by atoms with E-state index >= 15 is 0 Å². The van der Waals surface area contributed by atoms with E-state index in [1.807, 2.05) is 13.8 Å². The quantitative estimate of drug-likeness (QED) is 0.648. The van der Waals surface area contributed by atoms with Gasteiger partial charge in [-0.3, -0.25) is 4.79 Å². The van der Waals surface area contributed by atoms with Gasteiger partial charge in [0.05, 0.1) is 5.60 Å². The van der Waals surface area contributed by atoms with Gasteiger partial charge in [-0.2, -0.15) is 0 Å². The van der Waals surface area contributed by atoms with Crippen molar-refractivity contribution in [2.75, 3.05) is 26.3 Å². The zero-order chi connectivity index (χ0) is 11.9. The minimum atomic E-state index is -0.851. The van der Waals surface area contributed by atoms with Crippen molar-refractivity contribution in [3.8, 4) is 0 Å². The first-order valence-electron chi connectivity index (χ1n) is 5.48. The van der Waals surface area contributed by atoms with Crippen LogP contribution in [0.4, 0.5) is 0 Å². The lowest BCUT2D eigenvalue weighted by atomic mass is 10.1. The number of hydrogen-bond acceptors (Lipinski definition) is 3. The molecule has 0 unspecified atom stereocenters. The largest absolute Gasteiger partial charge is 0.389 e. The van der Waals surface area contributed by atoms with Crippen LogP contribution in [0.25, 0.3) is 0 Å². The number of aliphatic hydroxyl groups is 1. The highest BCUT2D eigenvalue weighted by Gasteiger charge is 2.20. The number of ether oxygens (including phenoxy) is 1. The molecule has 0 saturated heterocycles. The van der Waals surface area contributed by atoms with E-state index in [9.17, 15) is 9.90 Å². The average Bonchev–Trinajstić information content (AvgIpc) is 2.13. The summed E-state index contributed by atoms with van der Waals surface area (Å²) in [4.78, 5) is 13.2. The first-order valence-corrected chi connectivity index (χ1v) is 5.48. The molecule has 1 N–H and O–H groups in total. The fraction of sp³-hybridized carbons (Fsp3) is 0.909. The van der Waals surface area contributed by atoms with Gasteiger partial charge in [-0.15, -0.1) is 0 Å². The Bertz CT molecular complexity index is 187. The normalized spacial score (nSPS) is 11.5. The first-order chi connectivity index (χ1) is 6.90. The predicted molar refractivity (Wildman–Crippen MR) is 59.7 cm³/mol. The lowest BCUT2D eigenvalue weighted by Crippen LogP contribution is -2.43. The van der Waals surface area contributed by atoms with Crippen LogP contribution < -0.4 is 0 Å². The van der Waals surface area contributed by atoms with Crippen molar-refractivity contribution < 1.29 is 14.6 Å². The van der Waals surface area contributed by atoms with Gasteiger partial charge >= 0.3 is 0 Å². The Morgan fingerprint density at radius 2 is 2.00 bits per heavy atom. The van der Waals surface area contributed by atoms with Crippen LogP contribution in [0.5, 0.6) is 0 Å². The van der Waals surface area contributed by atoms with E-state index in [-0.39, 0.29) is 12.5 Å². The van der Waals surface area contributed by atoms with Crippen LogP contribution in [0.2, 0.25) is 0 Å². The number of carbonyl (C=O) groups is 1. The summed E-state index contributed by atoms with van der Waals surface area (Å²) in [6.45, 7) is 8.92. The molecule has 0 aromatic carbocycles. The van der Waals surface area contributed by atoms with Crippen LogP contribution in [0.1, 0.15) is 34.1 Å². The molecule has 0 bridgehead atoms. The fourth-order valence-corrected chi connectivity index (χ4v) is 1.24. The summed E-state index contributed by atoms with van der Waals surface area (Å²) in [6.07, 6.45) is 0.908. The number of hydrogen-bond donors (Lipinski definition) is 1. The van der Waals surface area contributed by atoms with Crippen LogP contribution in [0, 0.1) is 0 Å². The molecule has 0 spiro atoms. The molecule has 0 aliphatic heterocycles. The summed E-state index contributed by atoms with van der Waals surface area (Å²) in [5.41, 5.74) is -0.851. The highest BCUT2D eigenvalue weighted by atomic mass is 16.5. The monoisotopic (exact) mass is 217 g/mol. The third-order valence-corrected chi connectivity index (χ3v) is 1.89. The topological polar surface area (TPSA) is 49.8 Å². The summed E-state index contributed by atoms with van der Waals surface area (Å²) >= 11 is 0. The predicted octanol–water partition coefficient (Wildman–Crippen LogP) is 1.03. The smallest absolute Gasteiger partial charge is 0.248 e. The molecule has 4 nitrogen and oxygen atoms in total. The third kappa shape index (κ3) is 7.33. The molecule has 4 heteroatoms. The lowest BCUT2D eigenvalue weighted by Gasteiger charge is -2.28. The molecule has 0 aromatic heterocycles. The van der Waals surface area contributed by atoms with Crippen molar-refractivity contribution in [1.29, 1.82) is 0 Å². The highest BCUT2D eigenvalue weighted by molar-refractivity contribution is 5.77. The maximum Gasteiger partial charge on any atom is 0.248 e. The van der Waals surface area contributed by atoms with Crippen molar-refractivity contribution in [3.05, 3.63) is 0 Å². The van der Waals surface area contributed by atoms with Crippen LogP contribution in [-0.4, -0.2) is 47.8 Å². The summed E-state index contributed by atoms with van der Waals surface area (Å²) in [6, 6.07) is 0. The Morgan fingerprint density at radius 1 is 1.40 bits per heavy atom. The molecule has 0 aliphatic rings.